The average molecular weight is 341 g/mol. The molecule has 8 heteroatoms. The number of carbonyl (C=O) groups is 1. The predicted octanol–water partition coefficient (Wildman–Crippen LogP) is 2.78. The standard InChI is InChI=1S/C13H10Cl2N4OS/c14-9-1-2-11(10(15)7-9)19(13(16)21)18-12(20)8-3-5-17-6-4-8/h1-7H,(H2,16,21)(H,18,20). The molecular formula is C13H10Cl2N4OS. The maximum atomic E-state index is 12.1. The summed E-state index contributed by atoms with van der Waals surface area (Å²) in [6.45, 7) is 0. The van der Waals surface area contributed by atoms with E-state index in [0.29, 0.717) is 21.3 Å². The first-order valence-corrected chi connectivity index (χ1v) is 6.91. The summed E-state index contributed by atoms with van der Waals surface area (Å²) in [7, 11) is 0. The van der Waals surface area contributed by atoms with Gasteiger partial charge in [-0.3, -0.25) is 15.2 Å². The van der Waals surface area contributed by atoms with Crippen LogP contribution in [0, 0.1) is 0 Å². The summed E-state index contributed by atoms with van der Waals surface area (Å²) < 4.78 is 0. The number of benzene rings is 1. The molecular weight excluding hydrogens is 331 g/mol. The monoisotopic (exact) mass is 340 g/mol. The number of thiocarbonyl (C=S) groups is 1. The van der Waals surface area contributed by atoms with Crippen LogP contribution in [0.3, 0.4) is 0 Å². The van der Waals surface area contributed by atoms with Crippen LogP contribution in [0.5, 0.6) is 0 Å². The van der Waals surface area contributed by atoms with Gasteiger partial charge in [-0.25, -0.2) is 5.01 Å². The van der Waals surface area contributed by atoms with E-state index in [1.807, 2.05) is 0 Å². The van der Waals surface area contributed by atoms with Crippen LogP contribution in [0.15, 0.2) is 42.7 Å². The number of amides is 1. The number of hydrogen-bond donors (Lipinski definition) is 2. The Morgan fingerprint density at radius 2 is 1.90 bits per heavy atom. The topological polar surface area (TPSA) is 71.2 Å². The fourth-order valence-corrected chi connectivity index (χ4v) is 2.20. The van der Waals surface area contributed by atoms with Gasteiger partial charge in [0, 0.05) is 23.0 Å². The van der Waals surface area contributed by atoms with E-state index in [4.69, 9.17) is 41.2 Å². The molecule has 0 aliphatic carbocycles. The maximum Gasteiger partial charge on any atom is 0.270 e. The minimum absolute atomic E-state index is 0.0540. The van der Waals surface area contributed by atoms with E-state index in [1.165, 1.54) is 23.5 Å². The Balaban J connectivity index is 2.28. The molecule has 0 atom stereocenters. The van der Waals surface area contributed by atoms with Gasteiger partial charge >= 0.3 is 0 Å². The van der Waals surface area contributed by atoms with Crippen molar-refractivity contribution in [3.05, 3.63) is 58.3 Å². The molecule has 108 valence electrons. The van der Waals surface area contributed by atoms with Crippen molar-refractivity contribution in [2.75, 3.05) is 5.01 Å². The van der Waals surface area contributed by atoms with Gasteiger partial charge in [0.1, 0.15) is 0 Å². The fourth-order valence-electron chi connectivity index (χ4n) is 1.57. The van der Waals surface area contributed by atoms with Gasteiger partial charge in [-0.1, -0.05) is 23.2 Å². The summed E-state index contributed by atoms with van der Waals surface area (Å²) in [6, 6.07) is 7.89. The number of nitrogens with two attached hydrogens (primary N) is 1. The smallest absolute Gasteiger partial charge is 0.270 e. The lowest BCUT2D eigenvalue weighted by Crippen LogP contribution is -2.49. The minimum atomic E-state index is -0.392. The Bertz CT molecular complexity index is 681. The first-order chi connectivity index (χ1) is 9.99. The molecule has 21 heavy (non-hydrogen) atoms. The van der Waals surface area contributed by atoms with Crippen LogP contribution in [0.2, 0.25) is 10.0 Å². The molecule has 0 bridgehead atoms. The number of hydrogen-bond acceptors (Lipinski definition) is 3. The number of aromatic nitrogens is 1. The van der Waals surface area contributed by atoms with Crippen LogP contribution in [0.4, 0.5) is 5.69 Å². The third-order valence-corrected chi connectivity index (χ3v) is 3.25. The molecule has 1 heterocycles. The highest BCUT2D eigenvalue weighted by molar-refractivity contribution is 7.80. The lowest BCUT2D eigenvalue weighted by molar-refractivity contribution is 0.0955. The number of halogens is 2. The van der Waals surface area contributed by atoms with Crippen LogP contribution in [-0.4, -0.2) is 16.0 Å². The normalized spacial score (nSPS) is 10.0. The van der Waals surface area contributed by atoms with E-state index >= 15 is 0 Å². The van der Waals surface area contributed by atoms with Crippen molar-refractivity contribution in [2.24, 2.45) is 5.73 Å². The molecule has 1 aromatic carbocycles. The van der Waals surface area contributed by atoms with Crippen molar-refractivity contribution in [1.29, 1.82) is 0 Å². The fraction of sp³-hybridized carbons (Fsp3) is 0. The van der Waals surface area contributed by atoms with Crippen LogP contribution in [-0.2, 0) is 0 Å². The van der Waals surface area contributed by atoms with E-state index in [9.17, 15) is 4.79 Å². The molecule has 0 unspecified atom stereocenters. The van der Waals surface area contributed by atoms with Crippen LogP contribution >= 0.6 is 35.4 Å². The average Bonchev–Trinajstić information content (AvgIpc) is 2.46. The first-order valence-electron chi connectivity index (χ1n) is 5.74. The highest BCUT2D eigenvalue weighted by Gasteiger charge is 2.17. The number of pyridine rings is 1. The molecule has 0 radical (unpaired) electrons. The first kappa shape index (κ1) is 15.5. The van der Waals surface area contributed by atoms with Crippen molar-refractivity contribution in [3.63, 3.8) is 0 Å². The zero-order valence-corrected chi connectivity index (χ0v) is 12.9. The number of carbonyl (C=O) groups excluding carboxylic acids is 1. The number of anilines is 1. The SMILES string of the molecule is NC(=S)N(NC(=O)c1ccncc1)c1ccc(Cl)cc1Cl. The van der Waals surface area contributed by atoms with Crippen molar-refractivity contribution in [3.8, 4) is 0 Å². The lowest BCUT2D eigenvalue weighted by atomic mass is 10.2. The van der Waals surface area contributed by atoms with Crippen LogP contribution in [0.25, 0.3) is 0 Å². The Hall–Kier alpha value is -1.89. The van der Waals surface area contributed by atoms with Crippen LogP contribution < -0.4 is 16.2 Å². The van der Waals surface area contributed by atoms with Gasteiger partial charge in [-0.05, 0) is 42.5 Å². The second-order valence-electron chi connectivity index (χ2n) is 3.95. The van der Waals surface area contributed by atoms with E-state index in [-0.39, 0.29) is 5.11 Å². The van der Waals surface area contributed by atoms with E-state index < -0.39 is 5.91 Å². The Morgan fingerprint density at radius 1 is 1.24 bits per heavy atom. The largest absolute Gasteiger partial charge is 0.374 e. The summed E-state index contributed by atoms with van der Waals surface area (Å²) in [4.78, 5) is 16.0. The van der Waals surface area contributed by atoms with Gasteiger partial charge in [0.05, 0.1) is 10.7 Å². The summed E-state index contributed by atoms with van der Waals surface area (Å²) in [6.07, 6.45) is 3.02. The molecule has 5 nitrogen and oxygen atoms in total. The third-order valence-electron chi connectivity index (χ3n) is 2.53. The third kappa shape index (κ3) is 3.81. The van der Waals surface area contributed by atoms with E-state index in [2.05, 4.69) is 10.4 Å². The van der Waals surface area contributed by atoms with Gasteiger partial charge in [0.2, 0.25) is 0 Å². The van der Waals surface area contributed by atoms with Crippen molar-refractivity contribution in [2.45, 2.75) is 0 Å². The number of rotatable bonds is 2. The predicted molar refractivity (Wildman–Crippen MR) is 87.4 cm³/mol. The molecule has 0 aliphatic heterocycles. The molecule has 3 N–H and O–H groups in total. The zero-order valence-electron chi connectivity index (χ0n) is 10.6. The zero-order chi connectivity index (χ0) is 15.4. The van der Waals surface area contributed by atoms with E-state index in [1.54, 1.807) is 24.3 Å². The minimum Gasteiger partial charge on any atom is -0.374 e. The number of nitrogens with one attached hydrogen (secondary N) is 1. The molecule has 0 saturated carbocycles. The molecule has 2 aromatic rings. The van der Waals surface area contributed by atoms with Gasteiger partial charge in [-0.2, -0.15) is 0 Å². The second kappa shape index (κ2) is 6.71. The van der Waals surface area contributed by atoms with E-state index in [0.717, 1.165) is 0 Å². The number of hydrazine groups is 1. The van der Waals surface area contributed by atoms with Crippen molar-refractivity contribution >= 4 is 52.1 Å². The molecule has 0 fully saturated rings. The molecule has 0 aliphatic rings. The van der Waals surface area contributed by atoms with Crippen LogP contribution in [0.1, 0.15) is 10.4 Å². The Kier molecular flexibility index (Phi) is 4.95. The van der Waals surface area contributed by atoms with Crippen molar-refractivity contribution in [1.82, 2.24) is 10.4 Å². The highest BCUT2D eigenvalue weighted by atomic mass is 35.5. The molecule has 0 spiro atoms. The van der Waals surface area contributed by atoms with Gasteiger partial charge < -0.3 is 5.73 Å². The molecule has 1 amide bonds. The van der Waals surface area contributed by atoms with Gasteiger partial charge in [0.15, 0.2) is 5.11 Å². The van der Waals surface area contributed by atoms with Gasteiger partial charge in [-0.15, -0.1) is 0 Å². The molecule has 1 aromatic heterocycles. The molecule has 0 saturated heterocycles. The van der Waals surface area contributed by atoms with Crippen molar-refractivity contribution < 1.29 is 4.79 Å². The quantitative estimate of drug-likeness (QED) is 0.649. The summed E-state index contributed by atoms with van der Waals surface area (Å²) in [5.41, 5.74) is 9.06. The lowest BCUT2D eigenvalue weighted by Gasteiger charge is -2.24. The highest BCUT2D eigenvalue weighted by Crippen LogP contribution is 2.28. The second-order valence-corrected chi connectivity index (χ2v) is 5.21. The summed E-state index contributed by atoms with van der Waals surface area (Å²) >= 11 is 16.9. The molecule has 2 rings (SSSR count). The van der Waals surface area contributed by atoms with Gasteiger partial charge in [0.25, 0.3) is 5.91 Å². The maximum absolute atomic E-state index is 12.1. The summed E-state index contributed by atoms with van der Waals surface area (Å²) in [5.74, 6) is -0.392. The Morgan fingerprint density at radius 3 is 2.48 bits per heavy atom. The Labute approximate surface area is 136 Å². The number of nitrogens with zero attached hydrogens (tertiary/aromatic N) is 2. The summed E-state index contributed by atoms with van der Waals surface area (Å²) in [5, 5.41) is 1.94.